The number of rotatable bonds is 7. The molecule has 1 heterocycles. The lowest BCUT2D eigenvalue weighted by atomic mass is 10.1. The summed E-state index contributed by atoms with van der Waals surface area (Å²) < 4.78 is 10.5. The minimum absolute atomic E-state index is 0.261. The van der Waals surface area contributed by atoms with Crippen LogP contribution in [-0.2, 0) is 25.8 Å². The number of allylic oxidation sites excluding steroid dienone is 1. The number of ether oxygens (including phenoxy) is 2. The molecule has 0 bridgehead atoms. The summed E-state index contributed by atoms with van der Waals surface area (Å²) in [6.45, 7) is 0.847. The van der Waals surface area contributed by atoms with Crippen molar-refractivity contribution in [1.82, 2.24) is 0 Å². The molecular formula is C16H20O5. The molecule has 1 fully saturated rings. The van der Waals surface area contributed by atoms with E-state index in [1.807, 2.05) is 30.3 Å². The predicted molar refractivity (Wildman–Crippen MR) is 76.2 cm³/mol. The normalized spacial score (nSPS) is 21.8. The zero-order valence-corrected chi connectivity index (χ0v) is 11.9. The van der Waals surface area contributed by atoms with Crippen LogP contribution >= 0.6 is 0 Å². The molecule has 2 rings (SSSR count). The van der Waals surface area contributed by atoms with Crippen molar-refractivity contribution in [3.63, 3.8) is 0 Å². The Morgan fingerprint density at radius 3 is 2.86 bits per heavy atom. The summed E-state index contributed by atoms with van der Waals surface area (Å²) in [5.74, 6) is -1.29. The van der Waals surface area contributed by atoms with Gasteiger partial charge in [-0.2, -0.15) is 0 Å². The molecule has 1 aromatic rings. The fourth-order valence-corrected chi connectivity index (χ4v) is 2.25. The van der Waals surface area contributed by atoms with Crippen LogP contribution in [0.2, 0.25) is 0 Å². The van der Waals surface area contributed by atoms with Crippen LogP contribution in [0, 0.1) is 0 Å². The second-order valence-corrected chi connectivity index (χ2v) is 4.99. The van der Waals surface area contributed by atoms with Gasteiger partial charge in [0.25, 0.3) is 0 Å². The van der Waals surface area contributed by atoms with E-state index < -0.39 is 5.79 Å². The van der Waals surface area contributed by atoms with Gasteiger partial charge in [-0.1, -0.05) is 36.4 Å². The molecule has 5 nitrogen and oxygen atoms in total. The van der Waals surface area contributed by atoms with Crippen molar-refractivity contribution in [2.75, 3.05) is 6.61 Å². The SMILES string of the molecule is O=C(/C=C/CCC1(OO)CCCO1)OCc1ccccc1. The Labute approximate surface area is 124 Å². The number of benzene rings is 1. The summed E-state index contributed by atoms with van der Waals surface area (Å²) in [6.07, 6.45) is 5.70. The molecular weight excluding hydrogens is 272 g/mol. The van der Waals surface area contributed by atoms with E-state index in [-0.39, 0.29) is 12.6 Å². The van der Waals surface area contributed by atoms with Gasteiger partial charge < -0.3 is 9.47 Å². The zero-order chi connectivity index (χ0) is 15.0. The zero-order valence-electron chi connectivity index (χ0n) is 11.9. The largest absolute Gasteiger partial charge is 0.458 e. The lowest BCUT2D eigenvalue weighted by Crippen LogP contribution is -2.29. The predicted octanol–water partition coefficient (Wildman–Crippen LogP) is 3.06. The van der Waals surface area contributed by atoms with Gasteiger partial charge in [-0.15, -0.1) is 0 Å². The van der Waals surface area contributed by atoms with Crippen molar-refractivity contribution in [1.29, 1.82) is 0 Å². The Morgan fingerprint density at radius 1 is 1.38 bits per heavy atom. The molecule has 0 aliphatic carbocycles. The molecule has 114 valence electrons. The van der Waals surface area contributed by atoms with Crippen molar-refractivity contribution in [3.05, 3.63) is 48.0 Å². The third kappa shape index (κ3) is 4.97. The first kappa shape index (κ1) is 15.7. The molecule has 1 saturated heterocycles. The summed E-state index contributed by atoms with van der Waals surface area (Å²) in [5.41, 5.74) is 0.950. The first-order valence-corrected chi connectivity index (χ1v) is 7.08. The number of carbonyl (C=O) groups is 1. The molecule has 1 aliphatic rings. The van der Waals surface area contributed by atoms with Crippen LogP contribution in [0.1, 0.15) is 31.2 Å². The van der Waals surface area contributed by atoms with Crippen molar-refractivity contribution < 1.29 is 24.4 Å². The molecule has 5 heteroatoms. The average Bonchev–Trinajstić information content (AvgIpc) is 3.00. The molecule has 1 atom stereocenters. The van der Waals surface area contributed by atoms with Crippen LogP contribution < -0.4 is 0 Å². The van der Waals surface area contributed by atoms with E-state index >= 15 is 0 Å². The summed E-state index contributed by atoms with van der Waals surface area (Å²) >= 11 is 0. The van der Waals surface area contributed by atoms with E-state index in [1.165, 1.54) is 6.08 Å². The number of hydrogen-bond donors (Lipinski definition) is 1. The van der Waals surface area contributed by atoms with Crippen LogP contribution in [0.3, 0.4) is 0 Å². The van der Waals surface area contributed by atoms with Gasteiger partial charge in [-0.25, -0.2) is 14.9 Å². The van der Waals surface area contributed by atoms with Gasteiger partial charge in [0.1, 0.15) is 6.61 Å². The molecule has 1 aromatic carbocycles. The number of esters is 1. The highest BCUT2D eigenvalue weighted by atomic mass is 17.1. The van der Waals surface area contributed by atoms with Crippen LogP contribution in [-0.4, -0.2) is 23.6 Å². The maximum absolute atomic E-state index is 11.5. The van der Waals surface area contributed by atoms with Gasteiger partial charge in [-0.3, -0.25) is 0 Å². The third-order valence-corrected chi connectivity index (χ3v) is 3.40. The van der Waals surface area contributed by atoms with E-state index in [9.17, 15) is 4.79 Å². The number of hydrogen-bond acceptors (Lipinski definition) is 5. The summed E-state index contributed by atoms with van der Waals surface area (Å²) in [6, 6.07) is 9.51. The first-order chi connectivity index (χ1) is 10.2. The van der Waals surface area contributed by atoms with E-state index in [0.717, 1.165) is 12.0 Å². The third-order valence-electron chi connectivity index (χ3n) is 3.40. The second-order valence-electron chi connectivity index (χ2n) is 4.99. The standard InChI is InChI=1S/C16H20O5/c17-15(19-13-14-7-2-1-3-8-14)9-4-5-10-16(21-18)11-6-12-20-16/h1-4,7-9,18H,5-6,10-13H2/b9-4+. The van der Waals surface area contributed by atoms with Crippen molar-refractivity contribution in [2.45, 2.75) is 38.1 Å². The Hall–Kier alpha value is -1.69. The van der Waals surface area contributed by atoms with Gasteiger partial charge in [-0.05, 0) is 18.4 Å². The van der Waals surface area contributed by atoms with Crippen LogP contribution in [0.15, 0.2) is 42.5 Å². The van der Waals surface area contributed by atoms with E-state index in [4.69, 9.17) is 14.7 Å². The van der Waals surface area contributed by atoms with Gasteiger partial charge >= 0.3 is 5.97 Å². The quantitative estimate of drug-likeness (QED) is 0.362. The van der Waals surface area contributed by atoms with Crippen LogP contribution in [0.5, 0.6) is 0 Å². The van der Waals surface area contributed by atoms with E-state index in [1.54, 1.807) is 6.08 Å². The van der Waals surface area contributed by atoms with E-state index in [2.05, 4.69) is 4.89 Å². The smallest absolute Gasteiger partial charge is 0.330 e. The van der Waals surface area contributed by atoms with Gasteiger partial charge in [0.15, 0.2) is 0 Å². The Balaban J connectivity index is 1.68. The highest BCUT2D eigenvalue weighted by Crippen LogP contribution is 2.30. The lowest BCUT2D eigenvalue weighted by molar-refractivity contribution is -0.393. The maximum atomic E-state index is 11.5. The summed E-state index contributed by atoms with van der Waals surface area (Å²) in [5, 5.41) is 8.89. The Morgan fingerprint density at radius 2 is 2.19 bits per heavy atom. The fourth-order valence-electron chi connectivity index (χ4n) is 2.25. The molecule has 21 heavy (non-hydrogen) atoms. The van der Waals surface area contributed by atoms with Crippen molar-refractivity contribution in [3.8, 4) is 0 Å². The minimum atomic E-state index is -0.904. The monoisotopic (exact) mass is 292 g/mol. The van der Waals surface area contributed by atoms with Gasteiger partial charge in [0.2, 0.25) is 5.79 Å². The number of carbonyl (C=O) groups excluding carboxylic acids is 1. The van der Waals surface area contributed by atoms with Crippen molar-refractivity contribution in [2.24, 2.45) is 0 Å². The molecule has 0 radical (unpaired) electrons. The molecule has 1 unspecified atom stereocenters. The molecule has 0 saturated carbocycles. The van der Waals surface area contributed by atoms with Crippen LogP contribution in [0.4, 0.5) is 0 Å². The summed E-state index contributed by atoms with van der Waals surface area (Å²) in [4.78, 5) is 16.0. The van der Waals surface area contributed by atoms with Crippen LogP contribution in [0.25, 0.3) is 0 Å². The van der Waals surface area contributed by atoms with Crippen molar-refractivity contribution >= 4 is 5.97 Å². The molecule has 1 N–H and O–H groups in total. The topological polar surface area (TPSA) is 65.0 Å². The highest BCUT2D eigenvalue weighted by Gasteiger charge is 2.36. The van der Waals surface area contributed by atoms with Gasteiger partial charge in [0.05, 0.1) is 6.61 Å². The average molecular weight is 292 g/mol. The molecule has 0 aromatic heterocycles. The lowest BCUT2D eigenvalue weighted by Gasteiger charge is -2.23. The molecule has 0 spiro atoms. The summed E-state index contributed by atoms with van der Waals surface area (Å²) in [7, 11) is 0. The van der Waals surface area contributed by atoms with E-state index in [0.29, 0.717) is 25.9 Å². The second kappa shape index (κ2) is 7.93. The molecule has 0 amide bonds. The molecule has 1 aliphatic heterocycles. The maximum Gasteiger partial charge on any atom is 0.330 e. The Bertz CT molecular complexity index is 463. The minimum Gasteiger partial charge on any atom is -0.458 e. The Kier molecular flexibility index (Phi) is 5.92. The van der Waals surface area contributed by atoms with Gasteiger partial charge in [0, 0.05) is 18.9 Å². The highest BCUT2D eigenvalue weighted by molar-refractivity contribution is 5.81. The fraction of sp³-hybridized carbons (Fsp3) is 0.438. The first-order valence-electron chi connectivity index (χ1n) is 7.08.